The van der Waals surface area contributed by atoms with Crippen LogP contribution in [0.3, 0.4) is 0 Å². The van der Waals surface area contributed by atoms with E-state index in [1.807, 2.05) is 26.8 Å². The summed E-state index contributed by atoms with van der Waals surface area (Å²) in [4.78, 5) is 23.4. The number of aryl methyl sites for hydroxylation is 3. The Kier molecular flexibility index (Phi) is 4.51. The highest BCUT2D eigenvalue weighted by Gasteiger charge is 2.25. The average Bonchev–Trinajstić information content (AvgIpc) is 2.89. The second kappa shape index (κ2) is 6.59. The normalized spacial score (nSPS) is 17.8. The summed E-state index contributed by atoms with van der Waals surface area (Å²) < 4.78 is 1.63. The second-order valence-electron chi connectivity index (χ2n) is 6.46. The van der Waals surface area contributed by atoms with Crippen molar-refractivity contribution in [2.24, 2.45) is 7.05 Å². The summed E-state index contributed by atoms with van der Waals surface area (Å²) >= 11 is 0. The number of amides is 1. The highest BCUT2D eigenvalue weighted by atomic mass is 16.2. The van der Waals surface area contributed by atoms with Gasteiger partial charge in [-0.05, 0) is 39.7 Å². The molecule has 1 saturated heterocycles. The fourth-order valence-corrected chi connectivity index (χ4v) is 3.21. The minimum Gasteiger partial charge on any atom is -0.354 e. The summed E-state index contributed by atoms with van der Waals surface area (Å²) in [5.74, 6) is 0.901. The molecule has 3 heterocycles. The summed E-state index contributed by atoms with van der Waals surface area (Å²) in [7, 11) is 1.79. The number of hydrogen-bond donors (Lipinski definition) is 1. The minimum absolute atomic E-state index is 0.0689. The molecule has 1 aliphatic rings. The van der Waals surface area contributed by atoms with E-state index in [1.54, 1.807) is 18.1 Å². The van der Waals surface area contributed by atoms with E-state index in [1.165, 1.54) is 0 Å². The Bertz CT molecular complexity index is 754. The molecule has 0 saturated carbocycles. The van der Waals surface area contributed by atoms with E-state index in [0.29, 0.717) is 5.69 Å². The molecule has 1 fully saturated rings. The fourth-order valence-electron chi connectivity index (χ4n) is 3.21. The van der Waals surface area contributed by atoms with E-state index >= 15 is 0 Å². The molecule has 1 unspecified atom stereocenters. The first-order valence-electron chi connectivity index (χ1n) is 8.30. The van der Waals surface area contributed by atoms with Crippen LogP contribution >= 0.6 is 0 Å². The van der Waals surface area contributed by atoms with Crippen LogP contribution in [-0.4, -0.2) is 44.8 Å². The van der Waals surface area contributed by atoms with Crippen molar-refractivity contribution in [2.45, 2.75) is 39.7 Å². The van der Waals surface area contributed by atoms with Gasteiger partial charge in [-0.3, -0.25) is 9.48 Å². The third-order valence-corrected chi connectivity index (χ3v) is 4.60. The number of hydrogen-bond acceptors (Lipinski definition) is 5. The molecule has 0 aliphatic carbocycles. The summed E-state index contributed by atoms with van der Waals surface area (Å²) in [5.41, 5.74) is 3.54. The average molecular weight is 328 g/mol. The van der Waals surface area contributed by atoms with Crippen molar-refractivity contribution < 1.29 is 4.79 Å². The van der Waals surface area contributed by atoms with Gasteiger partial charge in [-0.1, -0.05) is 0 Å². The van der Waals surface area contributed by atoms with Crippen molar-refractivity contribution in [2.75, 3.05) is 18.0 Å². The quantitative estimate of drug-likeness (QED) is 0.925. The molecule has 7 nitrogen and oxygen atoms in total. The first kappa shape index (κ1) is 16.4. The van der Waals surface area contributed by atoms with E-state index in [9.17, 15) is 4.79 Å². The van der Waals surface area contributed by atoms with Crippen molar-refractivity contribution >= 4 is 11.7 Å². The van der Waals surface area contributed by atoms with Crippen LogP contribution in [0.2, 0.25) is 0 Å². The molecule has 1 N–H and O–H groups in total. The number of carbonyl (C=O) groups excluding carboxylic acids is 1. The number of piperidine rings is 1. The molecule has 24 heavy (non-hydrogen) atoms. The Labute approximate surface area is 142 Å². The Balaban J connectivity index is 1.71. The molecular weight excluding hydrogens is 304 g/mol. The van der Waals surface area contributed by atoms with Crippen LogP contribution in [0.1, 0.15) is 40.3 Å². The van der Waals surface area contributed by atoms with Crippen LogP contribution < -0.4 is 10.2 Å². The second-order valence-corrected chi connectivity index (χ2v) is 6.46. The molecular formula is C17H24N6O. The predicted octanol–water partition coefficient (Wildman–Crippen LogP) is 1.53. The zero-order chi connectivity index (χ0) is 17.3. The van der Waals surface area contributed by atoms with Crippen molar-refractivity contribution in [3.8, 4) is 0 Å². The highest BCUT2D eigenvalue weighted by molar-refractivity contribution is 5.92. The smallest absolute Gasteiger partial charge is 0.269 e. The highest BCUT2D eigenvalue weighted by Crippen LogP contribution is 2.22. The SMILES string of the molecule is Cc1cc(C(=O)NC2CCCN(c3ncnc(C)c3C)C2)n(C)n1. The molecule has 0 aromatic carbocycles. The monoisotopic (exact) mass is 328 g/mol. The topological polar surface area (TPSA) is 75.9 Å². The first-order chi connectivity index (χ1) is 11.5. The van der Waals surface area contributed by atoms with Gasteiger partial charge in [-0.2, -0.15) is 5.10 Å². The molecule has 2 aromatic rings. The molecule has 0 bridgehead atoms. The molecule has 3 rings (SSSR count). The molecule has 0 radical (unpaired) electrons. The maximum Gasteiger partial charge on any atom is 0.269 e. The Morgan fingerprint density at radius 3 is 2.79 bits per heavy atom. The van der Waals surface area contributed by atoms with Gasteiger partial charge in [0.2, 0.25) is 0 Å². The molecule has 0 spiro atoms. The number of rotatable bonds is 3. The van der Waals surface area contributed by atoms with Crippen molar-refractivity contribution in [1.82, 2.24) is 25.1 Å². The van der Waals surface area contributed by atoms with Gasteiger partial charge >= 0.3 is 0 Å². The predicted molar refractivity (Wildman–Crippen MR) is 92.2 cm³/mol. The minimum atomic E-state index is -0.0689. The van der Waals surface area contributed by atoms with Crippen molar-refractivity contribution in [3.63, 3.8) is 0 Å². The molecule has 1 atom stereocenters. The summed E-state index contributed by atoms with van der Waals surface area (Å²) in [6, 6.07) is 1.92. The van der Waals surface area contributed by atoms with Crippen LogP contribution in [0.25, 0.3) is 0 Å². The van der Waals surface area contributed by atoms with E-state index < -0.39 is 0 Å². The van der Waals surface area contributed by atoms with Gasteiger partial charge in [0.1, 0.15) is 17.8 Å². The van der Waals surface area contributed by atoms with Gasteiger partial charge in [-0.25, -0.2) is 9.97 Å². The van der Waals surface area contributed by atoms with Crippen LogP contribution in [-0.2, 0) is 7.05 Å². The number of aromatic nitrogens is 4. The standard InChI is InChI=1S/C17H24N6O/c1-11-8-15(22(4)21-11)17(24)20-14-6-5-7-23(9-14)16-12(2)13(3)18-10-19-16/h8,10,14H,5-7,9H2,1-4H3,(H,20,24). The lowest BCUT2D eigenvalue weighted by atomic mass is 10.0. The van der Waals surface area contributed by atoms with Crippen molar-refractivity contribution in [3.05, 3.63) is 35.0 Å². The van der Waals surface area contributed by atoms with Gasteiger partial charge in [0.25, 0.3) is 5.91 Å². The molecule has 7 heteroatoms. The van der Waals surface area contributed by atoms with Crippen molar-refractivity contribution in [1.29, 1.82) is 0 Å². The number of carbonyl (C=O) groups is 1. The van der Waals surface area contributed by atoms with Gasteiger partial charge < -0.3 is 10.2 Å². The number of nitrogens with zero attached hydrogens (tertiary/aromatic N) is 5. The Morgan fingerprint density at radius 1 is 1.29 bits per heavy atom. The molecule has 1 aliphatic heterocycles. The Hall–Kier alpha value is -2.44. The maximum atomic E-state index is 12.5. The van der Waals surface area contributed by atoms with E-state index in [0.717, 1.165) is 48.7 Å². The fraction of sp³-hybridized carbons (Fsp3) is 0.529. The third-order valence-electron chi connectivity index (χ3n) is 4.60. The van der Waals surface area contributed by atoms with Gasteiger partial charge in [0.05, 0.1) is 5.69 Å². The zero-order valence-electron chi connectivity index (χ0n) is 14.7. The number of anilines is 1. The largest absolute Gasteiger partial charge is 0.354 e. The van der Waals surface area contributed by atoms with Gasteiger partial charge in [-0.15, -0.1) is 0 Å². The lowest BCUT2D eigenvalue weighted by molar-refractivity contribution is 0.0923. The van der Waals surface area contributed by atoms with Crippen LogP contribution in [0.15, 0.2) is 12.4 Å². The van der Waals surface area contributed by atoms with Crippen LogP contribution in [0, 0.1) is 20.8 Å². The maximum absolute atomic E-state index is 12.5. The van der Waals surface area contributed by atoms with Crippen LogP contribution in [0.4, 0.5) is 5.82 Å². The first-order valence-corrected chi connectivity index (χ1v) is 8.30. The van der Waals surface area contributed by atoms with E-state index in [-0.39, 0.29) is 11.9 Å². The van der Waals surface area contributed by atoms with Gasteiger partial charge in [0, 0.05) is 37.4 Å². The number of nitrogens with one attached hydrogen (secondary N) is 1. The lowest BCUT2D eigenvalue weighted by Crippen LogP contribution is -2.48. The molecule has 128 valence electrons. The summed E-state index contributed by atoms with van der Waals surface area (Å²) in [5, 5.41) is 7.38. The Morgan fingerprint density at radius 2 is 2.08 bits per heavy atom. The van der Waals surface area contributed by atoms with E-state index in [4.69, 9.17) is 0 Å². The lowest BCUT2D eigenvalue weighted by Gasteiger charge is -2.34. The van der Waals surface area contributed by atoms with E-state index in [2.05, 4.69) is 25.3 Å². The zero-order valence-corrected chi connectivity index (χ0v) is 14.7. The molecule has 1 amide bonds. The van der Waals surface area contributed by atoms with Crippen LogP contribution in [0.5, 0.6) is 0 Å². The molecule has 2 aromatic heterocycles. The third kappa shape index (κ3) is 3.25. The van der Waals surface area contributed by atoms with Gasteiger partial charge in [0.15, 0.2) is 0 Å². The summed E-state index contributed by atoms with van der Waals surface area (Å²) in [6.07, 6.45) is 3.61. The summed E-state index contributed by atoms with van der Waals surface area (Å²) in [6.45, 7) is 7.65.